The predicted molar refractivity (Wildman–Crippen MR) is 55.3 cm³/mol. The van der Waals surface area contributed by atoms with Crippen LogP contribution in [0.2, 0.25) is 5.02 Å². The largest absolute Gasteiger partial charge is 0.351 e. The summed E-state index contributed by atoms with van der Waals surface area (Å²) in [5.41, 5.74) is 5.66. The van der Waals surface area contributed by atoms with Crippen molar-refractivity contribution in [2.45, 2.75) is 6.42 Å². The Morgan fingerprint density at radius 3 is 2.93 bits per heavy atom. The van der Waals surface area contributed by atoms with E-state index in [1.165, 1.54) is 6.20 Å². The quantitative estimate of drug-likeness (QED) is 0.728. The second kappa shape index (κ2) is 5.57. The van der Waals surface area contributed by atoms with Crippen molar-refractivity contribution < 1.29 is 4.79 Å². The first kappa shape index (κ1) is 10.9. The Bertz CT molecular complexity index is 299. The lowest BCUT2D eigenvalue weighted by molar-refractivity contribution is 0.0948. The number of halogens is 1. The van der Waals surface area contributed by atoms with Crippen molar-refractivity contribution in [1.29, 1.82) is 0 Å². The molecule has 0 spiro atoms. The number of aromatic nitrogens is 1. The Labute approximate surface area is 87.5 Å². The van der Waals surface area contributed by atoms with E-state index in [0.29, 0.717) is 23.8 Å². The van der Waals surface area contributed by atoms with Crippen LogP contribution in [0.1, 0.15) is 16.9 Å². The Morgan fingerprint density at radius 1 is 1.57 bits per heavy atom. The van der Waals surface area contributed by atoms with E-state index in [-0.39, 0.29) is 5.91 Å². The van der Waals surface area contributed by atoms with Gasteiger partial charge in [-0.15, -0.1) is 0 Å². The SMILES string of the molecule is NCCCNC(=O)c1ccc(Cl)cn1. The van der Waals surface area contributed by atoms with Crippen LogP contribution in [0.3, 0.4) is 0 Å². The number of carbonyl (C=O) groups is 1. The zero-order valence-electron chi connectivity index (χ0n) is 7.66. The molecule has 0 fully saturated rings. The summed E-state index contributed by atoms with van der Waals surface area (Å²) in [7, 11) is 0. The van der Waals surface area contributed by atoms with Crippen LogP contribution in [0.5, 0.6) is 0 Å². The molecule has 1 rings (SSSR count). The Morgan fingerprint density at radius 2 is 2.36 bits per heavy atom. The fourth-order valence-corrected chi connectivity index (χ4v) is 1.02. The number of nitrogens with zero attached hydrogens (tertiary/aromatic N) is 1. The molecule has 0 saturated heterocycles. The first-order valence-electron chi connectivity index (χ1n) is 4.34. The molecule has 0 unspecified atom stereocenters. The summed E-state index contributed by atoms with van der Waals surface area (Å²) >= 11 is 5.63. The van der Waals surface area contributed by atoms with Gasteiger partial charge in [-0.2, -0.15) is 0 Å². The summed E-state index contributed by atoms with van der Waals surface area (Å²) in [5.74, 6) is -0.199. The molecular formula is C9H12ClN3O. The summed E-state index contributed by atoms with van der Waals surface area (Å²) < 4.78 is 0. The number of hydrogen-bond donors (Lipinski definition) is 2. The van der Waals surface area contributed by atoms with E-state index in [0.717, 1.165) is 6.42 Å². The molecule has 1 heterocycles. The van der Waals surface area contributed by atoms with Crippen LogP contribution in [-0.4, -0.2) is 24.0 Å². The third-order valence-electron chi connectivity index (χ3n) is 1.63. The van der Waals surface area contributed by atoms with Gasteiger partial charge < -0.3 is 11.1 Å². The number of carbonyl (C=O) groups excluding carboxylic acids is 1. The Hall–Kier alpha value is -1.13. The first-order valence-corrected chi connectivity index (χ1v) is 4.71. The van der Waals surface area contributed by atoms with Crippen molar-refractivity contribution >= 4 is 17.5 Å². The van der Waals surface area contributed by atoms with Crippen LogP contribution in [0.25, 0.3) is 0 Å². The predicted octanol–water partition coefficient (Wildman–Crippen LogP) is 0.814. The third-order valence-corrected chi connectivity index (χ3v) is 1.85. The zero-order chi connectivity index (χ0) is 10.4. The summed E-state index contributed by atoms with van der Waals surface area (Å²) in [5, 5.41) is 3.21. The molecule has 0 atom stereocenters. The Kier molecular flexibility index (Phi) is 4.35. The molecule has 0 radical (unpaired) electrons. The third kappa shape index (κ3) is 3.32. The highest BCUT2D eigenvalue weighted by atomic mass is 35.5. The van der Waals surface area contributed by atoms with Gasteiger partial charge in [-0.3, -0.25) is 4.79 Å². The first-order chi connectivity index (χ1) is 6.74. The maximum Gasteiger partial charge on any atom is 0.269 e. The normalized spacial score (nSPS) is 9.86. The van der Waals surface area contributed by atoms with Crippen LogP contribution >= 0.6 is 11.6 Å². The summed E-state index contributed by atoms with van der Waals surface area (Å²) in [6.07, 6.45) is 2.21. The molecule has 3 N–H and O–H groups in total. The van der Waals surface area contributed by atoms with Crippen molar-refractivity contribution in [3.8, 4) is 0 Å². The number of pyridine rings is 1. The number of amides is 1. The van der Waals surface area contributed by atoms with Crippen LogP contribution in [0.15, 0.2) is 18.3 Å². The minimum atomic E-state index is -0.199. The smallest absolute Gasteiger partial charge is 0.269 e. The van der Waals surface area contributed by atoms with Gasteiger partial charge in [-0.05, 0) is 25.1 Å². The lowest BCUT2D eigenvalue weighted by Crippen LogP contribution is -2.26. The fourth-order valence-electron chi connectivity index (χ4n) is 0.905. The molecule has 1 aromatic rings. The number of hydrogen-bond acceptors (Lipinski definition) is 3. The molecule has 1 amide bonds. The molecule has 76 valence electrons. The zero-order valence-corrected chi connectivity index (χ0v) is 8.42. The van der Waals surface area contributed by atoms with Crippen molar-refractivity contribution in [2.24, 2.45) is 5.73 Å². The summed E-state index contributed by atoms with van der Waals surface area (Å²) in [4.78, 5) is 15.3. The average Bonchev–Trinajstić information content (AvgIpc) is 2.19. The van der Waals surface area contributed by atoms with Crippen molar-refractivity contribution in [2.75, 3.05) is 13.1 Å². The fraction of sp³-hybridized carbons (Fsp3) is 0.333. The molecule has 0 aliphatic carbocycles. The molecule has 5 heteroatoms. The van der Waals surface area contributed by atoms with E-state index in [2.05, 4.69) is 10.3 Å². The van der Waals surface area contributed by atoms with Gasteiger partial charge in [-0.1, -0.05) is 11.6 Å². The molecule has 14 heavy (non-hydrogen) atoms. The van der Waals surface area contributed by atoms with Gasteiger partial charge in [0.1, 0.15) is 5.69 Å². The molecule has 0 saturated carbocycles. The van der Waals surface area contributed by atoms with Gasteiger partial charge in [-0.25, -0.2) is 4.98 Å². The lowest BCUT2D eigenvalue weighted by atomic mass is 10.3. The standard InChI is InChI=1S/C9H12ClN3O/c10-7-2-3-8(13-6-7)9(14)12-5-1-4-11/h2-3,6H,1,4-5,11H2,(H,12,14). The van der Waals surface area contributed by atoms with E-state index in [9.17, 15) is 4.79 Å². The molecule has 4 nitrogen and oxygen atoms in total. The highest BCUT2D eigenvalue weighted by molar-refractivity contribution is 6.30. The molecular weight excluding hydrogens is 202 g/mol. The van der Waals surface area contributed by atoms with Gasteiger partial charge in [0.2, 0.25) is 0 Å². The van der Waals surface area contributed by atoms with Crippen LogP contribution in [-0.2, 0) is 0 Å². The molecule has 1 aromatic heterocycles. The summed E-state index contributed by atoms with van der Waals surface area (Å²) in [6, 6.07) is 3.21. The minimum Gasteiger partial charge on any atom is -0.351 e. The van der Waals surface area contributed by atoms with E-state index < -0.39 is 0 Å². The summed E-state index contributed by atoms with van der Waals surface area (Å²) in [6.45, 7) is 1.13. The van der Waals surface area contributed by atoms with E-state index >= 15 is 0 Å². The van der Waals surface area contributed by atoms with Gasteiger partial charge in [0, 0.05) is 12.7 Å². The monoisotopic (exact) mass is 213 g/mol. The number of nitrogens with one attached hydrogen (secondary N) is 1. The maximum absolute atomic E-state index is 11.4. The highest BCUT2D eigenvalue weighted by Crippen LogP contribution is 2.05. The highest BCUT2D eigenvalue weighted by Gasteiger charge is 2.04. The second-order valence-corrected chi connectivity index (χ2v) is 3.20. The van der Waals surface area contributed by atoms with Crippen LogP contribution < -0.4 is 11.1 Å². The maximum atomic E-state index is 11.4. The van der Waals surface area contributed by atoms with Crippen LogP contribution in [0, 0.1) is 0 Å². The number of nitrogens with two attached hydrogens (primary N) is 1. The van der Waals surface area contributed by atoms with Gasteiger partial charge in [0.15, 0.2) is 0 Å². The van der Waals surface area contributed by atoms with Crippen molar-refractivity contribution in [1.82, 2.24) is 10.3 Å². The van der Waals surface area contributed by atoms with Crippen molar-refractivity contribution in [3.05, 3.63) is 29.0 Å². The molecule has 0 aromatic carbocycles. The van der Waals surface area contributed by atoms with Gasteiger partial charge in [0.25, 0.3) is 5.91 Å². The average molecular weight is 214 g/mol. The second-order valence-electron chi connectivity index (χ2n) is 2.76. The molecule has 0 aliphatic heterocycles. The topological polar surface area (TPSA) is 68.0 Å². The van der Waals surface area contributed by atoms with Crippen molar-refractivity contribution in [3.63, 3.8) is 0 Å². The molecule has 0 aliphatic rings. The minimum absolute atomic E-state index is 0.199. The van der Waals surface area contributed by atoms with Gasteiger partial charge >= 0.3 is 0 Å². The Balaban J connectivity index is 2.48. The van der Waals surface area contributed by atoms with E-state index in [1.54, 1.807) is 12.1 Å². The lowest BCUT2D eigenvalue weighted by Gasteiger charge is -2.02. The van der Waals surface area contributed by atoms with Gasteiger partial charge in [0.05, 0.1) is 5.02 Å². The van der Waals surface area contributed by atoms with E-state index in [1.807, 2.05) is 0 Å². The van der Waals surface area contributed by atoms with E-state index in [4.69, 9.17) is 17.3 Å². The number of rotatable bonds is 4. The molecule has 0 bridgehead atoms. The van der Waals surface area contributed by atoms with Crippen LogP contribution in [0.4, 0.5) is 0 Å².